The molecule has 0 heterocycles. The third-order valence-electron chi connectivity index (χ3n) is 2.90. The quantitative estimate of drug-likeness (QED) is 0.614. The average Bonchev–Trinajstić information content (AvgIpc) is 2.44. The summed E-state index contributed by atoms with van der Waals surface area (Å²) < 4.78 is 11.3. The standard InChI is InChI=1S/C17H18O3/c1-13-4-8-15(9-5-13)19-17(3,12-18)20-16-10-6-14(2)7-11-16/h4-12H,1-3H3. The van der Waals surface area contributed by atoms with Crippen molar-refractivity contribution >= 4 is 6.29 Å². The molecule has 2 aromatic rings. The molecule has 0 bridgehead atoms. The molecule has 0 amide bonds. The molecule has 0 aromatic heterocycles. The molecular formula is C17H18O3. The lowest BCUT2D eigenvalue weighted by Crippen LogP contribution is -2.40. The molecule has 0 unspecified atom stereocenters. The van der Waals surface area contributed by atoms with Crippen molar-refractivity contribution in [3.63, 3.8) is 0 Å². The lowest BCUT2D eigenvalue weighted by Gasteiger charge is -2.26. The third kappa shape index (κ3) is 3.60. The van der Waals surface area contributed by atoms with E-state index in [0.29, 0.717) is 17.8 Å². The number of ether oxygens (including phenoxy) is 2. The first-order chi connectivity index (χ1) is 9.50. The number of hydrogen-bond acceptors (Lipinski definition) is 3. The third-order valence-corrected chi connectivity index (χ3v) is 2.90. The number of carbonyl (C=O) groups excluding carboxylic acids is 1. The minimum Gasteiger partial charge on any atom is -0.446 e. The smallest absolute Gasteiger partial charge is 0.305 e. The van der Waals surface area contributed by atoms with Crippen LogP contribution in [0.25, 0.3) is 0 Å². The summed E-state index contributed by atoms with van der Waals surface area (Å²) in [6.07, 6.45) is 0.659. The van der Waals surface area contributed by atoms with E-state index in [0.717, 1.165) is 11.1 Å². The molecule has 3 nitrogen and oxygen atoms in total. The number of aryl methyl sites for hydroxylation is 2. The Balaban J connectivity index is 2.14. The van der Waals surface area contributed by atoms with Crippen LogP contribution in [0, 0.1) is 13.8 Å². The van der Waals surface area contributed by atoms with Crippen molar-refractivity contribution in [2.75, 3.05) is 0 Å². The maximum Gasteiger partial charge on any atom is 0.305 e. The SMILES string of the molecule is Cc1ccc(OC(C)(C=O)Oc2ccc(C)cc2)cc1. The number of rotatable bonds is 5. The molecule has 2 rings (SSSR count). The zero-order valence-electron chi connectivity index (χ0n) is 11.9. The first-order valence-corrected chi connectivity index (χ1v) is 6.48. The van der Waals surface area contributed by atoms with Crippen LogP contribution in [0.2, 0.25) is 0 Å². The summed E-state index contributed by atoms with van der Waals surface area (Å²) in [6.45, 7) is 5.58. The summed E-state index contributed by atoms with van der Waals surface area (Å²) in [7, 11) is 0. The summed E-state index contributed by atoms with van der Waals surface area (Å²) >= 11 is 0. The van der Waals surface area contributed by atoms with E-state index in [1.54, 1.807) is 6.92 Å². The van der Waals surface area contributed by atoms with Crippen molar-refractivity contribution in [2.24, 2.45) is 0 Å². The maximum absolute atomic E-state index is 11.3. The van der Waals surface area contributed by atoms with E-state index in [-0.39, 0.29) is 0 Å². The Morgan fingerprint density at radius 3 is 1.45 bits per heavy atom. The van der Waals surface area contributed by atoms with Crippen molar-refractivity contribution < 1.29 is 14.3 Å². The topological polar surface area (TPSA) is 35.5 Å². The van der Waals surface area contributed by atoms with Gasteiger partial charge in [0.05, 0.1) is 0 Å². The van der Waals surface area contributed by atoms with Gasteiger partial charge in [-0.05, 0) is 38.1 Å². The van der Waals surface area contributed by atoms with Crippen LogP contribution < -0.4 is 9.47 Å². The molecule has 2 aromatic carbocycles. The van der Waals surface area contributed by atoms with E-state index in [1.807, 2.05) is 62.4 Å². The lowest BCUT2D eigenvalue weighted by molar-refractivity contribution is -0.145. The average molecular weight is 270 g/mol. The predicted molar refractivity (Wildman–Crippen MR) is 78.1 cm³/mol. The summed E-state index contributed by atoms with van der Waals surface area (Å²) in [6, 6.07) is 15.0. The first kappa shape index (κ1) is 14.1. The molecule has 0 aliphatic heterocycles. The highest BCUT2D eigenvalue weighted by molar-refractivity contribution is 5.61. The molecule has 0 N–H and O–H groups in total. The van der Waals surface area contributed by atoms with Gasteiger partial charge >= 0.3 is 5.79 Å². The minimum atomic E-state index is -1.34. The Labute approximate surface area is 119 Å². The van der Waals surface area contributed by atoms with Gasteiger partial charge in [-0.25, -0.2) is 0 Å². The van der Waals surface area contributed by atoms with Crippen LogP contribution in [0.15, 0.2) is 48.5 Å². The number of carbonyl (C=O) groups is 1. The molecule has 0 atom stereocenters. The monoisotopic (exact) mass is 270 g/mol. The molecule has 0 aliphatic carbocycles. The van der Waals surface area contributed by atoms with Crippen LogP contribution in [0.5, 0.6) is 11.5 Å². The van der Waals surface area contributed by atoms with Crippen LogP contribution in [0.3, 0.4) is 0 Å². The number of benzene rings is 2. The van der Waals surface area contributed by atoms with Crippen molar-refractivity contribution in [1.82, 2.24) is 0 Å². The minimum absolute atomic E-state index is 0.595. The van der Waals surface area contributed by atoms with Crippen LogP contribution in [0.4, 0.5) is 0 Å². The van der Waals surface area contributed by atoms with E-state index in [2.05, 4.69) is 0 Å². The normalized spacial score (nSPS) is 10.9. The summed E-state index contributed by atoms with van der Waals surface area (Å²) in [5, 5.41) is 0. The maximum atomic E-state index is 11.3. The fourth-order valence-corrected chi connectivity index (χ4v) is 1.75. The van der Waals surface area contributed by atoms with Gasteiger partial charge in [-0.2, -0.15) is 0 Å². The van der Waals surface area contributed by atoms with E-state index >= 15 is 0 Å². The second kappa shape index (κ2) is 5.78. The van der Waals surface area contributed by atoms with Crippen LogP contribution in [0.1, 0.15) is 18.1 Å². The van der Waals surface area contributed by atoms with Gasteiger partial charge in [0.25, 0.3) is 0 Å². The zero-order valence-corrected chi connectivity index (χ0v) is 11.9. The Hall–Kier alpha value is -2.29. The molecular weight excluding hydrogens is 252 g/mol. The second-order valence-electron chi connectivity index (χ2n) is 4.96. The second-order valence-corrected chi connectivity index (χ2v) is 4.96. The zero-order chi connectivity index (χ0) is 14.6. The number of aldehydes is 1. The van der Waals surface area contributed by atoms with E-state index < -0.39 is 5.79 Å². The molecule has 0 fully saturated rings. The fraction of sp³-hybridized carbons (Fsp3) is 0.235. The number of hydrogen-bond donors (Lipinski definition) is 0. The Morgan fingerprint density at radius 2 is 1.15 bits per heavy atom. The van der Waals surface area contributed by atoms with Gasteiger partial charge in [-0.15, -0.1) is 0 Å². The van der Waals surface area contributed by atoms with Crippen molar-refractivity contribution in [3.05, 3.63) is 59.7 Å². The summed E-state index contributed by atoms with van der Waals surface area (Å²) in [5.41, 5.74) is 2.26. The first-order valence-electron chi connectivity index (χ1n) is 6.48. The highest BCUT2D eigenvalue weighted by atomic mass is 16.7. The van der Waals surface area contributed by atoms with E-state index in [9.17, 15) is 4.79 Å². The van der Waals surface area contributed by atoms with Gasteiger partial charge in [0.15, 0.2) is 0 Å². The van der Waals surface area contributed by atoms with Crippen LogP contribution >= 0.6 is 0 Å². The van der Waals surface area contributed by atoms with Crippen LogP contribution in [-0.2, 0) is 4.79 Å². The van der Waals surface area contributed by atoms with Gasteiger partial charge in [0.2, 0.25) is 6.29 Å². The van der Waals surface area contributed by atoms with E-state index in [1.165, 1.54) is 0 Å². The summed E-state index contributed by atoms with van der Waals surface area (Å²) in [4.78, 5) is 11.3. The van der Waals surface area contributed by atoms with Crippen molar-refractivity contribution in [3.8, 4) is 11.5 Å². The van der Waals surface area contributed by atoms with E-state index in [4.69, 9.17) is 9.47 Å². The molecule has 0 saturated heterocycles. The predicted octanol–water partition coefficient (Wildman–Crippen LogP) is 3.68. The molecule has 3 heteroatoms. The van der Waals surface area contributed by atoms with Gasteiger partial charge in [-0.3, -0.25) is 4.79 Å². The van der Waals surface area contributed by atoms with Gasteiger partial charge in [-0.1, -0.05) is 35.4 Å². The molecule has 104 valence electrons. The lowest BCUT2D eigenvalue weighted by atomic mass is 10.2. The molecule has 20 heavy (non-hydrogen) atoms. The summed E-state index contributed by atoms with van der Waals surface area (Å²) in [5.74, 6) is -0.153. The highest BCUT2D eigenvalue weighted by Crippen LogP contribution is 2.22. The van der Waals surface area contributed by atoms with Crippen molar-refractivity contribution in [2.45, 2.75) is 26.6 Å². The van der Waals surface area contributed by atoms with Gasteiger partial charge < -0.3 is 9.47 Å². The largest absolute Gasteiger partial charge is 0.446 e. The Bertz CT molecular complexity index is 523. The highest BCUT2D eigenvalue weighted by Gasteiger charge is 2.28. The van der Waals surface area contributed by atoms with Gasteiger partial charge in [0.1, 0.15) is 11.5 Å². The Kier molecular flexibility index (Phi) is 4.08. The van der Waals surface area contributed by atoms with Crippen LogP contribution in [-0.4, -0.2) is 12.1 Å². The molecule has 0 spiro atoms. The fourth-order valence-electron chi connectivity index (χ4n) is 1.75. The molecule has 0 radical (unpaired) electrons. The van der Waals surface area contributed by atoms with Gasteiger partial charge in [0, 0.05) is 6.92 Å². The molecule has 0 saturated carbocycles. The molecule has 0 aliphatic rings. The Morgan fingerprint density at radius 1 is 0.800 bits per heavy atom. The van der Waals surface area contributed by atoms with Crippen molar-refractivity contribution in [1.29, 1.82) is 0 Å².